The summed E-state index contributed by atoms with van der Waals surface area (Å²) in [4.78, 5) is 24.5. The van der Waals surface area contributed by atoms with Gasteiger partial charge in [-0.05, 0) is 90.4 Å². The SMILES string of the molecule is CSc1cc(F)c(F)cc1-c1ccc(OCc2cccc(C(=O)NCC(=O)O)c2C2CCC(N)CC2)cc1. The van der Waals surface area contributed by atoms with Gasteiger partial charge in [0.25, 0.3) is 5.91 Å². The largest absolute Gasteiger partial charge is 0.489 e. The number of hydrogen-bond donors (Lipinski definition) is 3. The maximum absolute atomic E-state index is 13.9. The Hall–Kier alpha value is -3.43. The molecule has 4 rings (SSSR count). The zero-order valence-corrected chi connectivity index (χ0v) is 21.8. The Bertz CT molecular complexity index is 1310. The van der Waals surface area contributed by atoms with Crippen LogP contribution in [0.1, 0.15) is 53.1 Å². The minimum atomic E-state index is -1.11. The van der Waals surface area contributed by atoms with Gasteiger partial charge >= 0.3 is 5.97 Å². The maximum atomic E-state index is 13.9. The molecule has 200 valence electrons. The van der Waals surface area contributed by atoms with Crippen molar-refractivity contribution >= 4 is 23.6 Å². The number of carboxylic acids is 1. The van der Waals surface area contributed by atoms with Crippen LogP contribution in [-0.2, 0) is 11.4 Å². The van der Waals surface area contributed by atoms with Gasteiger partial charge in [0.2, 0.25) is 0 Å². The summed E-state index contributed by atoms with van der Waals surface area (Å²) >= 11 is 1.34. The predicted molar refractivity (Wildman–Crippen MR) is 144 cm³/mol. The van der Waals surface area contributed by atoms with Gasteiger partial charge in [-0.1, -0.05) is 24.3 Å². The lowest BCUT2D eigenvalue weighted by Gasteiger charge is -2.29. The van der Waals surface area contributed by atoms with Gasteiger partial charge in [0.1, 0.15) is 18.9 Å². The molecule has 9 heteroatoms. The van der Waals surface area contributed by atoms with Gasteiger partial charge in [0.15, 0.2) is 11.6 Å². The lowest BCUT2D eigenvalue weighted by Crippen LogP contribution is -2.32. The van der Waals surface area contributed by atoms with Crippen LogP contribution < -0.4 is 15.8 Å². The lowest BCUT2D eigenvalue weighted by molar-refractivity contribution is -0.135. The van der Waals surface area contributed by atoms with E-state index in [1.807, 2.05) is 6.07 Å². The molecule has 1 fully saturated rings. The maximum Gasteiger partial charge on any atom is 0.322 e. The Kier molecular flexibility index (Phi) is 9.01. The van der Waals surface area contributed by atoms with Crippen LogP contribution in [0.4, 0.5) is 8.78 Å². The Balaban J connectivity index is 1.56. The number of carboxylic acid groups (broad SMARTS) is 1. The molecule has 0 bridgehead atoms. The molecule has 1 aliphatic carbocycles. The molecule has 0 spiro atoms. The van der Waals surface area contributed by atoms with Crippen molar-refractivity contribution in [3.63, 3.8) is 0 Å². The zero-order valence-electron chi connectivity index (χ0n) is 21.0. The van der Waals surface area contributed by atoms with Gasteiger partial charge in [0, 0.05) is 16.5 Å². The summed E-state index contributed by atoms with van der Waals surface area (Å²) in [6, 6.07) is 15.0. The molecule has 3 aromatic carbocycles. The fraction of sp³-hybridized carbons (Fsp3) is 0.310. The fourth-order valence-electron chi connectivity index (χ4n) is 4.89. The van der Waals surface area contributed by atoms with E-state index in [0.29, 0.717) is 21.8 Å². The third-order valence-electron chi connectivity index (χ3n) is 6.82. The van der Waals surface area contributed by atoms with E-state index < -0.39 is 30.1 Å². The first-order chi connectivity index (χ1) is 18.3. The number of amides is 1. The molecule has 0 radical (unpaired) electrons. The number of carbonyl (C=O) groups excluding carboxylic acids is 1. The van der Waals surface area contributed by atoms with E-state index in [0.717, 1.165) is 42.4 Å². The highest BCUT2D eigenvalue weighted by atomic mass is 32.2. The molecule has 1 saturated carbocycles. The van der Waals surface area contributed by atoms with Crippen molar-refractivity contribution in [3.8, 4) is 16.9 Å². The molecular formula is C29H30F2N2O4S. The normalized spacial score (nSPS) is 17.2. The first kappa shape index (κ1) is 27.6. The minimum absolute atomic E-state index is 0.112. The number of ether oxygens (including phenoxy) is 1. The van der Waals surface area contributed by atoms with Gasteiger partial charge in [-0.15, -0.1) is 11.8 Å². The quantitative estimate of drug-likeness (QED) is 0.300. The van der Waals surface area contributed by atoms with Gasteiger partial charge < -0.3 is 20.9 Å². The second kappa shape index (κ2) is 12.4. The van der Waals surface area contributed by atoms with E-state index in [2.05, 4.69) is 5.32 Å². The molecule has 6 nitrogen and oxygen atoms in total. The first-order valence-corrected chi connectivity index (χ1v) is 13.6. The molecule has 0 heterocycles. The Morgan fingerprint density at radius 1 is 1.05 bits per heavy atom. The number of carbonyl (C=O) groups is 2. The first-order valence-electron chi connectivity index (χ1n) is 12.4. The van der Waals surface area contributed by atoms with Crippen LogP contribution in [0.3, 0.4) is 0 Å². The number of halogens is 2. The van der Waals surface area contributed by atoms with Crippen LogP contribution in [0, 0.1) is 11.6 Å². The summed E-state index contributed by atoms with van der Waals surface area (Å²) in [6.45, 7) is -0.254. The number of hydrogen-bond acceptors (Lipinski definition) is 5. The van der Waals surface area contributed by atoms with Crippen LogP contribution >= 0.6 is 11.8 Å². The number of nitrogens with two attached hydrogens (primary N) is 1. The molecule has 0 unspecified atom stereocenters. The highest BCUT2D eigenvalue weighted by molar-refractivity contribution is 7.98. The molecule has 0 aromatic heterocycles. The summed E-state index contributed by atoms with van der Waals surface area (Å²) in [5, 5.41) is 11.5. The van der Waals surface area contributed by atoms with Crippen LogP contribution in [0.2, 0.25) is 0 Å². The number of benzene rings is 3. The fourth-order valence-corrected chi connectivity index (χ4v) is 5.51. The van der Waals surface area contributed by atoms with E-state index in [1.54, 1.807) is 42.7 Å². The summed E-state index contributed by atoms with van der Waals surface area (Å²) in [6.07, 6.45) is 5.16. The van der Waals surface area contributed by atoms with Crippen molar-refractivity contribution < 1.29 is 28.2 Å². The average molecular weight is 541 g/mol. The van der Waals surface area contributed by atoms with E-state index in [9.17, 15) is 18.4 Å². The Morgan fingerprint density at radius 3 is 2.39 bits per heavy atom. The van der Waals surface area contributed by atoms with Gasteiger partial charge in [-0.25, -0.2) is 8.78 Å². The van der Waals surface area contributed by atoms with Crippen molar-refractivity contribution in [2.45, 2.75) is 49.1 Å². The number of aliphatic carboxylic acids is 1. The van der Waals surface area contributed by atoms with Gasteiger partial charge in [-0.2, -0.15) is 0 Å². The highest BCUT2D eigenvalue weighted by Gasteiger charge is 2.27. The summed E-state index contributed by atoms with van der Waals surface area (Å²) in [7, 11) is 0. The second-order valence-electron chi connectivity index (χ2n) is 9.35. The molecule has 0 atom stereocenters. The van der Waals surface area contributed by atoms with E-state index >= 15 is 0 Å². The third-order valence-corrected chi connectivity index (χ3v) is 7.60. The second-order valence-corrected chi connectivity index (χ2v) is 10.2. The average Bonchev–Trinajstić information content (AvgIpc) is 2.92. The molecule has 0 aliphatic heterocycles. The van der Waals surface area contributed by atoms with Crippen molar-refractivity contribution in [3.05, 3.63) is 82.9 Å². The van der Waals surface area contributed by atoms with Crippen LogP contribution in [0.15, 0.2) is 59.5 Å². The smallest absolute Gasteiger partial charge is 0.322 e. The summed E-state index contributed by atoms with van der Waals surface area (Å²) in [5.41, 5.74) is 9.60. The molecule has 38 heavy (non-hydrogen) atoms. The lowest BCUT2D eigenvalue weighted by atomic mass is 9.78. The third kappa shape index (κ3) is 6.52. The summed E-state index contributed by atoms with van der Waals surface area (Å²) < 4.78 is 33.6. The number of rotatable bonds is 9. The van der Waals surface area contributed by atoms with Crippen LogP contribution in [0.25, 0.3) is 11.1 Å². The van der Waals surface area contributed by atoms with Crippen LogP contribution in [0.5, 0.6) is 5.75 Å². The monoisotopic (exact) mass is 540 g/mol. The topological polar surface area (TPSA) is 102 Å². The molecule has 1 aliphatic rings. The minimum Gasteiger partial charge on any atom is -0.489 e. The van der Waals surface area contributed by atoms with Crippen LogP contribution in [-0.4, -0.2) is 35.8 Å². The van der Waals surface area contributed by atoms with E-state index in [4.69, 9.17) is 15.6 Å². The predicted octanol–water partition coefficient (Wildman–Crippen LogP) is 5.73. The van der Waals surface area contributed by atoms with E-state index in [-0.39, 0.29) is 18.6 Å². The highest BCUT2D eigenvalue weighted by Crippen LogP contribution is 2.37. The van der Waals surface area contributed by atoms with Gasteiger partial charge in [0.05, 0.1) is 0 Å². The van der Waals surface area contributed by atoms with Crippen molar-refractivity contribution in [2.24, 2.45) is 5.73 Å². The molecule has 3 aromatic rings. The van der Waals surface area contributed by atoms with Crippen molar-refractivity contribution in [1.29, 1.82) is 0 Å². The van der Waals surface area contributed by atoms with E-state index in [1.165, 1.54) is 23.9 Å². The van der Waals surface area contributed by atoms with Crippen molar-refractivity contribution in [2.75, 3.05) is 12.8 Å². The van der Waals surface area contributed by atoms with Gasteiger partial charge in [-0.3, -0.25) is 9.59 Å². The Labute approximate surface area is 224 Å². The molecular weight excluding hydrogens is 510 g/mol. The molecule has 4 N–H and O–H groups in total. The van der Waals surface area contributed by atoms with Crippen molar-refractivity contribution in [1.82, 2.24) is 5.32 Å². The Morgan fingerprint density at radius 2 is 1.74 bits per heavy atom. The standard InChI is InChI=1S/C29H30F2N2O4S/c1-38-26-14-25(31)24(30)13-23(26)17-7-11-21(12-8-17)37-16-19-3-2-4-22(29(36)33-15-27(34)35)28(19)18-5-9-20(32)10-6-18/h2-4,7-8,11-14,18,20H,5-6,9-10,15-16,32H2,1H3,(H,33,36)(H,34,35). The summed E-state index contributed by atoms with van der Waals surface area (Å²) in [5.74, 6) is -2.63. The number of nitrogens with one attached hydrogen (secondary N) is 1. The molecule has 1 amide bonds. The number of thioether (sulfide) groups is 1. The molecule has 0 saturated heterocycles. The zero-order chi connectivity index (χ0) is 27.2.